The maximum absolute atomic E-state index is 14.4. The van der Waals surface area contributed by atoms with E-state index in [0.29, 0.717) is 5.69 Å². The Bertz CT molecular complexity index is 1870. The van der Waals surface area contributed by atoms with Crippen LogP contribution in [0, 0.1) is 12.7 Å². The number of aromatic nitrogens is 5. The van der Waals surface area contributed by atoms with E-state index >= 15 is 0 Å². The molecule has 0 saturated carbocycles. The maximum Gasteiger partial charge on any atom is 0.229 e. The third kappa shape index (κ3) is 5.29. The van der Waals surface area contributed by atoms with E-state index in [-0.39, 0.29) is 11.2 Å². The molecular formula is C30H32FN7O3S. The summed E-state index contributed by atoms with van der Waals surface area (Å²) in [5.74, 6) is 1.57. The zero-order valence-electron chi connectivity index (χ0n) is 23.8. The van der Waals surface area contributed by atoms with E-state index in [1.54, 1.807) is 24.5 Å². The highest BCUT2D eigenvalue weighted by atomic mass is 32.2. The largest absolute Gasteiger partial charge is 0.494 e. The topological polar surface area (TPSA) is 129 Å². The molecule has 0 unspecified atom stereocenters. The molecule has 2 aromatic carbocycles. The fourth-order valence-corrected chi connectivity index (χ4v) is 6.13. The minimum absolute atomic E-state index is 0.179. The van der Waals surface area contributed by atoms with Gasteiger partial charge in [-0.25, -0.2) is 27.8 Å². The standard InChI is InChI=1S/C30H32FN7O3S/c1-18-26(20-7-10-25(41-3)23(31)15-20)36-29(34-18)30(2)11-13-38(14-12-30)28-22-16-24(35-27(22)32-17-33-28)19-5-8-21(9-6-19)37-42(4,39)40/h5-10,15-17,37H,11-14H2,1-4H3,(H,34,36)(H,32,33,35). The van der Waals surface area contributed by atoms with Crippen molar-refractivity contribution in [3.63, 3.8) is 0 Å². The average Bonchev–Trinajstić information content (AvgIpc) is 3.57. The van der Waals surface area contributed by atoms with Crippen molar-refractivity contribution in [1.29, 1.82) is 0 Å². The molecule has 1 saturated heterocycles. The van der Waals surface area contributed by atoms with Gasteiger partial charge in [-0.3, -0.25) is 4.72 Å². The Balaban J connectivity index is 1.21. The normalized spacial score (nSPS) is 15.2. The summed E-state index contributed by atoms with van der Waals surface area (Å²) < 4.78 is 45.0. The number of nitrogens with zero attached hydrogens (tertiary/aromatic N) is 4. The summed E-state index contributed by atoms with van der Waals surface area (Å²) in [6.45, 7) is 5.71. The van der Waals surface area contributed by atoms with Crippen LogP contribution < -0.4 is 14.4 Å². The van der Waals surface area contributed by atoms with E-state index in [1.807, 2.05) is 31.2 Å². The fraction of sp³-hybridized carbons (Fsp3) is 0.300. The number of rotatable bonds is 7. The lowest BCUT2D eigenvalue weighted by Gasteiger charge is -2.38. The second kappa shape index (κ2) is 10.4. The first-order valence-corrected chi connectivity index (χ1v) is 15.5. The van der Waals surface area contributed by atoms with Gasteiger partial charge in [-0.05, 0) is 61.7 Å². The third-order valence-corrected chi connectivity index (χ3v) is 8.57. The number of aromatic amines is 2. The number of hydrogen-bond donors (Lipinski definition) is 3. The Morgan fingerprint density at radius 3 is 2.40 bits per heavy atom. The molecule has 1 aliphatic rings. The molecule has 4 heterocycles. The van der Waals surface area contributed by atoms with Crippen molar-refractivity contribution < 1.29 is 17.5 Å². The van der Waals surface area contributed by atoms with Crippen molar-refractivity contribution >= 4 is 32.6 Å². The number of halogens is 1. The molecule has 1 fully saturated rings. The molecular weight excluding hydrogens is 557 g/mol. The first kappa shape index (κ1) is 27.7. The number of nitrogens with one attached hydrogen (secondary N) is 3. The molecule has 6 rings (SSSR count). The molecule has 0 atom stereocenters. The molecule has 12 heteroatoms. The van der Waals surface area contributed by atoms with Crippen LogP contribution >= 0.6 is 0 Å². The number of ether oxygens (including phenoxy) is 1. The zero-order chi connectivity index (χ0) is 29.6. The number of benzene rings is 2. The van der Waals surface area contributed by atoms with Gasteiger partial charge in [0.15, 0.2) is 11.6 Å². The molecule has 218 valence electrons. The van der Waals surface area contributed by atoms with E-state index in [0.717, 1.165) is 83.1 Å². The van der Waals surface area contributed by atoms with E-state index in [1.165, 1.54) is 13.2 Å². The van der Waals surface area contributed by atoms with Gasteiger partial charge in [0.05, 0.1) is 30.1 Å². The van der Waals surface area contributed by atoms with Gasteiger partial charge in [0.2, 0.25) is 10.0 Å². The molecule has 0 aliphatic carbocycles. The number of sulfonamides is 1. The van der Waals surface area contributed by atoms with Gasteiger partial charge >= 0.3 is 0 Å². The van der Waals surface area contributed by atoms with Crippen LogP contribution in [0.3, 0.4) is 0 Å². The van der Waals surface area contributed by atoms with Crippen molar-refractivity contribution in [3.05, 3.63) is 72.2 Å². The van der Waals surface area contributed by atoms with Crippen LogP contribution in [0.4, 0.5) is 15.9 Å². The number of hydrogen-bond acceptors (Lipinski definition) is 7. The Morgan fingerprint density at radius 1 is 1.02 bits per heavy atom. The monoisotopic (exact) mass is 589 g/mol. The molecule has 3 aromatic heterocycles. The van der Waals surface area contributed by atoms with Crippen molar-refractivity contribution in [2.45, 2.75) is 32.1 Å². The van der Waals surface area contributed by atoms with Crippen LogP contribution in [0.1, 0.15) is 31.3 Å². The number of fused-ring (bicyclic) bond motifs is 1. The first-order valence-electron chi connectivity index (χ1n) is 13.6. The summed E-state index contributed by atoms with van der Waals surface area (Å²) in [6, 6.07) is 14.2. The molecule has 0 spiro atoms. The minimum atomic E-state index is -3.34. The second-order valence-corrected chi connectivity index (χ2v) is 12.8. The average molecular weight is 590 g/mol. The lowest BCUT2D eigenvalue weighted by molar-refractivity contribution is 0.345. The molecule has 0 amide bonds. The van der Waals surface area contributed by atoms with Crippen molar-refractivity contribution in [3.8, 4) is 28.3 Å². The highest BCUT2D eigenvalue weighted by Gasteiger charge is 2.36. The highest BCUT2D eigenvalue weighted by molar-refractivity contribution is 7.92. The predicted octanol–water partition coefficient (Wildman–Crippen LogP) is 5.40. The van der Waals surface area contributed by atoms with E-state index in [9.17, 15) is 12.8 Å². The van der Waals surface area contributed by atoms with Crippen LogP contribution in [-0.2, 0) is 15.4 Å². The quantitative estimate of drug-likeness (QED) is 0.232. The fourth-order valence-electron chi connectivity index (χ4n) is 5.56. The summed E-state index contributed by atoms with van der Waals surface area (Å²) in [5, 5.41) is 0.923. The second-order valence-electron chi connectivity index (χ2n) is 11.0. The Labute approximate surface area is 243 Å². The summed E-state index contributed by atoms with van der Waals surface area (Å²) in [7, 11) is -1.89. The number of aryl methyl sites for hydroxylation is 1. The molecule has 5 aromatic rings. The minimum Gasteiger partial charge on any atom is -0.494 e. The number of H-pyrrole nitrogens is 2. The summed E-state index contributed by atoms with van der Waals surface area (Å²) in [5.41, 5.74) is 5.21. The van der Waals surface area contributed by atoms with Crippen molar-refractivity contribution in [1.82, 2.24) is 24.9 Å². The number of imidazole rings is 1. The number of anilines is 2. The van der Waals surface area contributed by atoms with Gasteiger partial charge in [-0.1, -0.05) is 19.1 Å². The lowest BCUT2D eigenvalue weighted by Crippen LogP contribution is -2.42. The summed E-state index contributed by atoms with van der Waals surface area (Å²) in [6.07, 6.45) is 4.41. The predicted molar refractivity (Wildman–Crippen MR) is 162 cm³/mol. The van der Waals surface area contributed by atoms with Gasteiger partial charge in [0.1, 0.15) is 23.6 Å². The maximum atomic E-state index is 14.4. The SMILES string of the molecule is COc1ccc(-c2[nH]c(C3(C)CCN(c4ncnc5[nH]c(-c6ccc(NS(C)(=O)=O)cc6)cc45)CC3)nc2C)cc1F. The molecule has 42 heavy (non-hydrogen) atoms. The van der Waals surface area contributed by atoms with Crippen molar-refractivity contribution in [2.75, 3.05) is 36.1 Å². The van der Waals surface area contributed by atoms with Gasteiger partial charge in [0.25, 0.3) is 0 Å². The summed E-state index contributed by atoms with van der Waals surface area (Å²) >= 11 is 0. The van der Waals surface area contributed by atoms with Gasteiger partial charge in [-0.2, -0.15) is 0 Å². The first-order chi connectivity index (χ1) is 20.0. The Hall–Kier alpha value is -4.45. The Morgan fingerprint density at radius 2 is 1.74 bits per heavy atom. The van der Waals surface area contributed by atoms with E-state index in [4.69, 9.17) is 9.72 Å². The molecule has 1 aliphatic heterocycles. The molecule has 10 nitrogen and oxygen atoms in total. The molecule has 3 N–H and O–H groups in total. The highest BCUT2D eigenvalue weighted by Crippen LogP contribution is 2.38. The van der Waals surface area contributed by atoms with Crippen molar-refractivity contribution in [2.24, 2.45) is 0 Å². The Kier molecular flexibility index (Phi) is 6.88. The number of methoxy groups -OCH3 is 1. The van der Waals surface area contributed by atoms with Crippen LogP contribution in [-0.4, -0.2) is 59.8 Å². The van der Waals surface area contributed by atoms with E-state index in [2.05, 4.69) is 36.5 Å². The summed E-state index contributed by atoms with van der Waals surface area (Å²) in [4.78, 5) is 23.1. The van der Waals surface area contributed by atoms with Crippen LogP contribution in [0.2, 0.25) is 0 Å². The number of piperidine rings is 1. The molecule has 0 radical (unpaired) electrons. The van der Waals surface area contributed by atoms with Gasteiger partial charge < -0.3 is 19.6 Å². The van der Waals surface area contributed by atoms with Crippen LogP contribution in [0.25, 0.3) is 33.5 Å². The lowest BCUT2D eigenvalue weighted by atomic mass is 9.79. The molecule has 0 bridgehead atoms. The van der Waals surface area contributed by atoms with E-state index < -0.39 is 15.8 Å². The zero-order valence-corrected chi connectivity index (χ0v) is 24.6. The van der Waals surface area contributed by atoms with Crippen LogP contribution in [0.5, 0.6) is 5.75 Å². The van der Waals surface area contributed by atoms with Gasteiger partial charge in [0, 0.05) is 35.4 Å². The third-order valence-electron chi connectivity index (χ3n) is 7.97. The van der Waals surface area contributed by atoms with Gasteiger partial charge in [-0.15, -0.1) is 0 Å². The van der Waals surface area contributed by atoms with Crippen LogP contribution in [0.15, 0.2) is 54.9 Å². The smallest absolute Gasteiger partial charge is 0.229 e.